The highest BCUT2D eigenvalue weighted by molar-refractivity contribution is 5.43. The zero-order chi connectivity index (χ0) is 13.1. The van der Waals surface area contributed by atoms with E-state index in [9.17, 15) is 5.11 Å². The van der Waals surface area contributed by atoms with Crippen LogP contribution in [0.3, 0.4) is 0 Å². The highest BCUT2D eigenvalue weighted by atomic mass is 16.6. The first-order chi connectivity index (χ1) is 9.31. The fourth-order valence-corrected chi connectivity index (χ4v) is 2.93. The molecule has 3 rings (SSSR count). The van der Waals surface area contributed by atoms with E-state index in [1.165, 1.54) is 18.4 Å². The lowest BCUT2D eigenvalue weighted by Crippen LogP contribution is -2.45. The molecule has 1 aliphatic heterocycles. The number of aliphatic hydroxyl groups excluding tert-OH is 1. The van der Waals surface area contributed by atoms with Gasteiger partial charge in [-0.1, -0.05) is 18.9 Å². The molecule has 0 spiro atoms. The van der Waals surface area contributed by atoms with E-state index in [0.717, 1.165) is 30.9 Å². The van der Waals surface area contributed by atoms with Gasteiger partial charge in [0.05, 0.1) is 6.61 Å². The molecule has 19 heavy (non-hydrogen) atoms. The summed E-state index contributed by atoms with van der Waals surface area (Å²) in [6.07, 6.45) is 4.53. The summed E-state index contributed by atoms with van der Waals surface area (Å²) in [5.41, 5.74) is 1.09. The number of fused-ring (bicyclic) bond motifs is 1. The van der Waals surface area contributed by atoms with Crippen molar-refractivity contribution in [1.29, 1.82) is 0 Å². The van der Waals surface area contributed by atoms with Crippen LogP contribution in [0.15, 0.2) is 18.2 Å². The summed E-state index contributed by atoms with van der Waals surface area (Å²) < 4.78 is 11.1. The SMILES string of the molecule is OCC1(NCc2ccc3c(c2)OCCO3)CCCC1. The maximum absolute atomic E-state index is 9.58. The second-order valence-corrected chi connectivity index (χ2v) is 5.48. The Bertz CT molecular complexity index is 441. The van der Waals surface area contributed by atoms with Crippen molar-refractivity contribution in [3.63, 3.8) is 0 Å². The lowest BCUT2D eigenvalue weighted by atomic mass is 9.98. The van der Waals surface area contributed by atoms with Crippen LogP contribution in [0.4, 0.5) is 0 Å². The van der Waals surface area contributed by atoms with Gasteiger partial charge in [0.1, 0.15) is 13.2 Å². The lowest BCUT2D eigenvalue weighted by molar-refractivity contribution is 0.162. The quantitative estimate of drug-likeness (QED) is 0.870. The van der Waals surface area contributed by atoms with E-state index in [1.54, 1.807) is 0 Å². The Labute approximate surface area is 113 Å². The molecule has 2 aliphatic rings. The van der Waals surface area contributed by atoms with Crippen molar-refractivity contribution in [2.45, 2.75) is 37.8 Å². The van der Waals surface area contributed by atoms with Crippen molar-refractivity contribution < 1.29 is 14.6 Å². The molecule has 1 fully saturated rings. The monoisotopic (exact) mass is 263 g/mol. The Morgan fingerprint density at radius 3 is 2.58 bits per heavy atom. The number of hydrogen-bond donors (Lipinski definition) is 2. The lowest BCUT2D eigenvalue weighted by Gasteiger charge is -2.28. The summed E-state index contributed by atoms with van der Waals surface area (Å²) in [5.74, 6) is 1.66. The van der Waals surface area contributed by atoms with Crippen LogP contribution in [-0.4, -0.2) is 30.5 Å². The van der Waals surface area contributed by atoms with Gasteiger partial charge in [-0.3, -0.25) is 0 Å². The summed E-state index contributed by atoms with van der Waals surface area (Å²) in [5, 5.41) is 13.1. The summed E-state index contributed by atoms with van der Waals surface area (Å²) >= 11 is 0. The first-order valence-electron chi connectivity index (χ1n) is 7.06. The molecule has 1 aliphatic carbocycles. The molecule has 1 heterocycles. The molecule has 0 unspecified atom stereocenters. The van der Waals surface area contributed by atoms with Gasteiger partial charge in [-0.05, 0) is 30.5 Å². The van der Waals surface area contributed by atoms with Crippen LogP contribution >= 0.6 is 0 Å². The molecule has 1 aromatic rings. The highest BCUT2D eigenvalue weighted by Gasteiger charge is 2.32. The van der Waals surface area contributed by atoms with E-state index < -0.39 is 0 Å². The predicted octanol–water partition coefficient (Wildman–Crippen LogP) is 1.85. The smallest absolute Gasteiger partial charge is 0.161 e. The van der Waals surface area contributed by atoms with Gasteiger partial charge in [-0.25, -0.2) is 0 Å². The van der Waals surface area contributed by atoms with Crippen molar-refractivity contribution >= 4 is 0 Å². The van der Waals surface area contributed by atoms with E-state index >= 15 is 0 Å². The Hall–Kier alpha value is -1.26. The second-order valence-electron chi connectivity index (χ2n) is 5.48. The van der Waals surface area contributed by atoms with Crippen molar-refractivity contribution in [3.8, 4) is 11.5 Å². The topological polar surface area (TPSA) is 50.7 Å². The fourth-order valence-electron chi connectivity index (χ4n) is 2.93. The summed E-state index contributed by atoms with van der Waals surface area (Å²) in [6, 6.07) is 6.05. The molecule has 104 valence electrons. The van der Waals surface area contributed by atoms with Crippen LogP contribution in [0.5, 0.6) is 11.5 Å². The van der Waals surface area contributed by atoms with Crippen molar-refractivity contribution in [2.24, 2.45) is 0 Å². The average molecular weight is 263 g/mol. The molecule has 0 radical (unpaired) electrons. The van der Waals surface area contributed by atoms with Crippen LogP contribution < -0.4 is 14.8 Å². The third kappa shape index (κ3) is 2.69. The van der Waals surface area contributed by atoms with Gasteiger partial charge in [0.15, 0.2) is 11.5 Å². The molecule has 0 bridgehead atoms. The fraction of sp³-hybridized carbons (Fsp3) is 0.600. The van der Waals surface area contributed by atoms with Gasteiger partial charge >= 0.3 is 0 Å². The molecule has 0 atom stereocenters. The van der Waals surface area contributed by atoms with Gasteiger partial charge in [0.25, 0.3) is 0 Å². The molecule has 0 amide bonds. The molecule has 1 aromatic carbocycles. The van der Waals surface area contributed by atoms with E-state index in [-0.39, 0.29) is 12.1 Å². The Morgan fingerprint density at radius 1 is 1.11 bits per heavy atom. The van der Waals surface area contributed by atoms with E-state index in [1.807, 2.05) is 12.1 Å². The number of ether oxygens (including phenoxy) is 2. The number of hydrogen-bond acceptors (Lipinski definition) is 4. The number of rotatable bonds is 4. The molecule has 0 aromatic heterocycles. The van der Waals surface area contributed by atoms with Crippen LogP contribution in [0.1, 0.15) is 31.2 Å². The summed E-state index contributed by atoms with van der Waals surface area (Å²) in [6.45, 7) is 2.22. The maximum atomic E-state index is 9.58. The minimum atomic E-state index is -0.0761. The van der Waals surface area contributed by atoms with E-state index in [2.05, 4.69) is 11.4 Å². The molecular formula is C15H21NO3. The first-order valence-corrected chi connectivity index (χ1v) is 7.06. The standard InChI is InChI=1S/C15H21NO3/c17-11-15(5-1-2-6-15)16-10-12-3-4-13-14(9-12)19-8-7-18-13/h3-4,9,16-17H,1-2,5-8,10-11H2. The van der Waals surface area contributed by atoms with Gasteiger partial charge < -0.3 is 19.9 Å². The van der Waals surface area contributed by atoms with Crippen molar-refractivity contribution in [1.82, 2.24) is 5.32 Å². The van der Waals surface area contributed by atoms with Crippen molar-refractivity contribution in [3.05, 3.63) is 23.8 Å². The number of benzene rings is 1. The highest BCUT2D eigenvalue weighted by Crippen LogP contribution is 2.32. The van der Waals surface area contributed by atoms with Gasteiger partial charge in [0.2, 0.25) is 0 Å². The Balaban J connectivity index is 1.66. The first kappa shape index (κ1) is 12.8. The molecule has 2 N–H and O–H groups in total. The second kappa shape index (κ2) is 5.39. The van der Waals surface area contributed by atoms with Crippen LogP contribution in [-0.2, 0) is 6.54 Å². The van der Waals surface area contributed by atoms with Crippen LogP contribution in [0.2, 0.25) is 0 Å². The number of aliphatic hydroxyl groups is 1. The average Bonchev–Trinajstić information content (AvgIpc) is 2.94. The normalized spacial score (nSPS) is 20.5. The predicted molar refractivity (Wildman–Crippen MR) is 72.6 cm³/mol. The Kier molecular flexibility index (Phi) is 3.62. The van der Waals surface area contributed by atoms with Crippen LogP contribution in [0.25, 0.3) is 0 Å². The van der Waals surface area contributed by atoms with Crippen LogP contribution in [0, 0.1) is 0 Å². The van der Waals surface area contributed by atoms with E-state index in [4.69, 9.17) is 9.47 Å². The molecular weight excluding hydrogens is 242 g/mol. The zero-order valence-corrected chi connectivity index (χ0v) is 11.2. The zero-order valence-electron chi connectivity index (χ0n) is 11.2. The van der Waals surface area contributed by atoms with Gasteiger partial charge in [-0.2, -0.15) is 0 Å². The molecule has 1 saturated carbocycles. The minimum Gasteiger partial charge on any atom is -0.486 e. The van der Waals surface area contributed by atoms with E-state index in [0.29, 0.717) is 13.2 Å². The maximum Gasteiger partial charge on any atom is 0.161 e. The third-order valence-corrected chi connectivity index (χ3v) is 4.14. The largest absolute Gasteiger partial charge is 0.486 e. The van der Waals surface area contributed by atoms with Gasteiger partial charge in [-0.15, -0.1) is 0 Å². The third-order valence-electron chi connectivity index (χ3n) is 4.14. The summed E-state index contributed by atoms with van der Waals surface area (Å²) in [4.78, 5) is 0. The minimum absolute atomic E-state index is 0.0761. The Morgan fingerprint density at radius 2 is 1.84 bits per heavy atom. The van der Waals surface area contributed by atoms with Crippen molar-refractivity contribution in [2.75, 3.05) is 19.8 Å². The number of nitrogens with one attached hydrogen (secondary N) is 1. The molecule has 4 nitrogen and oxygen atoms in total. The molecule has 4 heteroatoms. The molecule has 0 saturated heterocycles. The van der Waals surface area contributed by atoms with Gasteiger partial charge in [0, 0.05) is 12.1 Å². The summed E-state index contributed by atoms with van der Waals surface area (Å²) in [7, 11) is 0.